The monoisotopic (exact) mass is 414 g/mol. The number of likely N-dealkylation sites (tertiary alicyclic amines) is 1. The maximum Gasteiger partial charge on any atom is 0.335 e. The first-order valence-electron chi connectivity index (χ1n) is 9.68. The van der Waals surface area contributed by atoms with E-state index in [1.54, 1.807) is 12.1 Å². The molecule has 158 valence electrons. The van der Waals surface area contributed by atoms with Crippen LogP contribution in [0.15, 0.2) is 48.5 Å². The molecule has 1 heterocycles. The number of carbonyl (C=O) groups is 3. The van der Waals surface area contributed by atoms with E-state index < -0.39 is 23.6 Å². The summed E-state index contributed by atoms with van der Waals surface area (Å²) in [6.07, 6.45) is 0.160. The molecule has 1 unspecified atom stereocenters. The van der Waals surface area contributed by atoms with Gasteiger partial charge < -0.3 is 15.2 Å². The fraction of sp³-hybridized carbons (Fsp3) is 0.318. The average Bonchev–Trinajstić information content (AvgIpc) is 2.74. The third kappa shape index (κ3) is 3.85. The van der Waals surface area contributed by atoms with Crippen molar-refractivity contribution in [1.82, 2.24) is 10.2 Å². The maximum atomic E-state index is 13.0. The Morgan fingerprint density at radius 2 is 1.70 bits per heavy atom. The molecule has 3 amide bonds. The third-order valence-corrected chi connectivity index (χ3v) is 5.54. The molecule has 1 saturated heterocycles. The molecule has 1 aliphatic heterocycles. The van der Waals surface area contributed by atoms with Crippen LogP contribution in [-0.2, 0) is 11.3 Å². The quantitative estimate of drug-likeness (QED) is 0.672. The summed E-state index contributed by atoms with van der Waals surface area (Å²) in [6, 6.07) is 10.9. The summed E-state index contributed by atoms with van der Waals surface area (Å²) in [5, 5.41) is 11.7. The van der Waals surface area contributed by atoms with E-state index >= 15 is 0 Å². The van der Waals surface area contributed by atoms with Crippen LogP contribution in [0.4, 0.5) is 9.18 Å². The predicted octanol–water partition coefficient (Wildman–Crippen LogP) is 3.79. The summed E-state index contributed by atoms with van der Waals surface area (Å²) in [6.45, 7) is 3.85. The summed E-state index contributed by atoms with van der Waals surface area (Å²) < 4.78 is 19.0. The number of urea groups is 1. The molecule has 30 heavy (non-hydrogen) atoms. The van der Waals surface area contributed by atoms with Crippen molar-refractivity contribution < 1.29 is 28.6 Å². The van der Waals surface area contributed by atoms with Crippen LogP contribution in [0.1, 0.15) is 42.6 Å². The minimum atomic E-state index is -1.06. The third-order valence-electron chi connectivity index (χ3n) is 5.54. The van der Waals surface area contributed by atoms with Crippen LogP contribution in [0.2, 0.25) is 0 Å². The number of ether oxygens (including phenoxy) is 1. The normalized spacial score (nSPS) is 17.2. The van der Waals surface area contributed by atoms with Crippen molar-refractivity contribution in [3.63, 3.8) is 0 Å². The summed E-state index contributed by atoms with van der Waals surface area (Å²) in [5.74, 6) is -1.39. The van der Waals surface area contributed by atoms with Crippen LogP contribution in [0.25, 0.3) is 0 Å². The minimum absolute atomic E-state index is 0.109. The van der Waals surface area contributed by atoms with E-state index in [0.29, 0.717) is 24.2 Å². The number of carbonyl (C=O) groups excluding carboxylic acids is 2. The lowest BCUT2D eigenvalue weighted by Gasteiger charge is -2.53. The first-order valence-corrected chi connectivity index (χ1v) is 9.68. The molecule has 7 nitrogen and oxygen atoms in total. The SMILES string of the molecule is CCC1(CC)C(=O)N(C(=O)NCc2ccc(F)cc2)C1Oc1ccc(C(=O)O)cc1. The maximum absolute atomic E-state index is 13.0. The Hall–Kier alpha value is -3.42. The smallest absolute Gasteiger partial charge is 0.335 e. The highest BCUT2D eigenvalue weighted by Gasteiger charge is 2.62. The summed E-state index contributed by atoms with van der Waals surface area (Å²) >= 11 is 0. The number of amides is 3. The highest BCUT2D eigenvalue weighted by molar-refractivity contribution is 6.03. The van der Waals surface area contributed by atoms with Crippen LogP contribution in [0, 0.1) is 11.2 Å². The number of carboxylic acids is 1. The van der Waals surface area contributed by atoms with E-state index in [4.69, 9.17) is 9.84 Å². The molecule has 0 spiro atoms. The lowest BCUT2D eigenvalue weighted by molar-refractivity contribution is -0.190. The van der Waals surface area contributed by atoms with E-state index in [-0.39, 0.29) is 23.8 Å². The van der Waals surface area contributed by atoms with Crippen molar-refractivity contribution >= 4 is 17.9 Å². The van der Waals surface area contributed by atoms with Gasteiger partial charge in [-0.25, -0.2) is 18.9 Å². The van der Waals surface area contributed by atoms with Crippen LogP contribution in [-0.4, -0.2) is 34.1 Å². The second-order valence-electron chi connectivity index (χ2n) is 7.12. The number of hydrogen-bond donors (Lipinski definition) is 2. The number of hydrogen-bond acceptors (Lipinski definition) is 4. The summed E-state index contributed by atoms with van der Waals surface area (Å²) in [7, 11) is 0. The van der Waals surface area contributed by atoms with Gasteiger partial charge in [-0.15, -0.1) is 0 Å². The number of nitrogens with one attached hydrogen (secondary N) is 1. The number of rotatable bonds is 7. The van der Waals surface area contributed by atoms with Crippen LogP contribution >= 0.6 is 0 Å². The molecule has 0 aliphatic carbocycles. The van der Waals surface area contributed by atoms with Gasteiger partial charge in [0.1, 0.15) is 17.0 Å². The zero-order valence-corrected chi connectivity index (χ0v) is 16.7. The van der Waals surface area contributed by atoms with E-state index in [0.717, 1.165) is 4.90 Å². The van der Waals surface area contributed by atoms with Crippen molar-refractivity contribution in [3.8, 4) is 5.75 Å². The molecule has 1 aliphatic rings. The highest BCUT2D eigenvalue weighted by Crippen LogP contribution is 2.46. The van der Waals surface area contributed by atoms with Gasteiger partial charge >= 0.3 is 12.0 Å². The molecule has 0 aromatic heterocycles. The first-order chi connectivity index (χ1) is 14.3. The van der Waals surface area contributed by atoms with Gasteiger partial charge in [-0.05, 0) is 54.8 Å². The number of benzene rings is 2. The van der Waals surface area contributed by atoms with Gasteiger partial charge in [-0.1, -0.05) is 26.0 Å². The molecule has 0 saturated carbocycles. The number of aromatic carboxylic acids is 1. The lowest BCUT2D eigenvalue weighted by Crippen LogP contribution is -2.73. The summed E-state index contributed by atoms with van der Waals surface area (Å²) in [4.78, 5) is 37.6. The molecule has 3 rings (SSSR count). The topological polar surface area (TPSA) is 95.9 Å². The molecular weight excluding hydrogens is 391 g/mol. The van der Waals surface area contributed by atoms with E-state index in [2.05, 4.69) is 5.32 Å². The second kappa shape index (κ2) is 8.52. The van der Waals surface area contributed by atoms with Crippen molar-refractivity contribution in [2.75, 3.05) is 0 Å². The Morgan fingerprint density at radius 3 is 2.23 bits per heavy atom. The van der Waals surface area contributed by atoms with Crippen LogP contribution < -0.4 is 10.1 Å². The van der Waals surface area contributed by atoms with Gasteiger partial charge in [0, 0.05) is 6.54 Å². The minimum Gasteiger partial charge on any atom is -0.478 e. The molecule has 1 fully saturated rings. The number of carboxylic acid groups (broad SMARTS) is 1. The Kier molecular flexibility index (Phi) is 6.05. The summed E-state index contributed by atoms with van der Waals surface area (Å²) in [5.41, 5.74) is -0.0338. The Morgan fingerprint density at radius 1 is 1.10 bits per heavy atom. The van der Waals surface area contributed by atoms with Gasteiger partial charge in [0.15, 0.2) is 6.23 Å². The molecule has 8 heteroatoms. The first kappa shape index (κ1) is 21.3. The second-order valence-corrected chi connectivity index (χ2v) is 7.12. The Balaban J connectivity index is 1.75. The molecule has 0 radical (unpaired) electrons. The number of β-lactam (4-membered cyclic amide) rings is 1. The van der Waals surface area contributed by atoms with Crippen LogP contribution in [0.5, 0.6) is 5.75 Å². The molecule has 2 aromatic rings. The van der Waals surface area contributed by atoms with E-state index in [9.17, 15) is 18.8 Å². The zero-order chi connectivity index (χ0) is 21.9. The van der Waals surface area contributed by atoms with Crippen molar-refractivity contribution in [2.24, 2.45) is 5.41 Å². The predicted molar refractivity (Wildman–Crippen MR) is 106 cm³/mol. The van der Waals surface area contributed by atoms with Gasteiger partial charge in [0.05, 0.1) is 5.56 Å². The van der Waals surface area contributed by atoms with E-state index in [1.807, 2.05) is 13.8 Å². The van der Waals surface area contributed by atoms with E-state index in [1.165, 1.54) is 36.4 Å². The average molecular weight is 414 g/mol. The fourth-order valence-electron chi connectivity index (χ4n) is 3.57. The zero-order valence-electron chi connectivity index (χ0n) is 16.7. The number of imide groups is 1. The fourth-order valence-corrected chi connectivity index (χ4v) is 3.57. The lowest BCUT2D eigenvalue weighted by atomic mass is 9.72. The van der Waals surface area contributed by atoms with Gasteiger partial charge in [-0.3, -0.25) is 4.79 Å². The van der Waals surface area contributed by atoms with Gasteiger partial charge in [0.25, 0.3) is 0 Å². The molecule has 1 atom stereocenters. The molecule has 2 N–H and O–H groups in total. The van der Waals surface area contributed by atoms with Crippen molar-refractivity contribution in [3.05, 3.63) is 65.5 Å². The number of nitrogens with zero attached hydrogens (tertiary/aromatic N) is 1. The highest BCUT2D eigenvalue weighted by atomic mass is 19.1. The standard InChI is InChI=1S/C22H23FN2O5/c1-3-22(4-2)19(28)25(21(29)24-13-14-5-9-16(23)10-6-14)20(22)30-17-11-7-15(8-12-17)18(26)27/h5-12,20H,3-4,13H2,1-2H3,(H,24,29)(H,26,27). The largest absolute Gasteiger partial charge is 0.478 e. The van der Waals surface area contributed by atoms with Crippen molar-refractivity contribution in [1.29, 1.82) is 0 Å². The Bertz CT molecular complexity index is 939. The van der Waals surface area contributed by atoms with Gasteiger partial charge in [0.2, 0.25) is 5.91 Å². The number of halogens is 1. The molecule has 0 bridgehead atoms. The van der Waals surface area contributed by atoms with Gasteiger partial charge in [-0.2, -0.15) is 0 Å². The van der Waals surface area contributed by atoms with Crippen molar-refractivity contribution in [2.45, 2.75) is 39.5 Å². The molecular formula is C22H23FN2O5. The molecule has 2 aromatic carbocycles. The Labute approximate surface area is 173 Å². The van der Waals surface area contributed by atoms with Crippen LogP contribution in [0.3, 0.4) is 0 Å².